The fourth-order valence-corrected chi connectivity index (χ4v) is 3.34. The Morgan fingerprint density at radius 3 is 2.80 bits per heavy atom. The van der Waals surface area contributed by atoms with Crippen LogP contribution in [0.2, 0.25) is 0 Å². The summed E-state index contributed by atoms with van der Waals surface area (Å²) in [6.07, 6.45) is 1.81. The molecule has 0 spiro atoms. The molecule has 0 amide bonds. The maximum absolute atomic E-state index is 7.41. The summed E-state index contributed by atoms with van der Waals surface area (Å²) in [4.78, 5) is 2.53. The average molecular weight is 229 g/mol. The van der Waals surface area contributed by atoms with Gasteiger partial charge in [-0.2, -0.15) is 11.8 Å². The summed E-state index contributed by atoms with van der Waals surface area (Å²) < 4.78 is 0. The molecule has 3 unspecified atom stereocenters. The Labute approximate surface area is 97.3 Å². The van der Waals surface area contributed by atoms with Crippen molar-refractivity contribution < 1.29 is 0 Å². The van der Waals surface area contributed by atoms with E-state index in [1.165, 1.54) is 5.75 Å². The minimum Gasteiger partial charge on any atom is -0.388 e. The van der Waals surface area contributed by atoms with Crippen molar-refractivity contribution in [3.05, 3.63) is 0 Å². The van der Waals surface area contributed by atoms with Crippen LogP contribution in [0.1, 0.15) is 33.6 Å². The van der Waals surface area contributed by atoms with Crippen molar-refractivity contribution in [2.45, 2.75) is 50.9 Å². The van der Waals surface area contributed by atoms with Crippen LogP contribution in [-0.2, 0) is 0 Å². The number of rotatable bonds is 4. The maximum Gasteiger partial charge on any atom is 0.0921 e. The molecule has 0 aromatic rings. The van der Waals surface area contributed by atoms with Gasteiger partial charge < -0.3 is 5.73 Å². The van der Waals surface area contributed by atoms with Crippen LogP contribution in [-0.4, -0.2) is 40.4 Å². The normalized spacial score (nSPS) is 30.1. The van der Waals surface area contributed by atoms with E-state index in [0.717, 1.165) is 19.4 Å². The minimum atomic E-state index is 0.319. The van der Waals surface area contributed by atoms with Gasteiger partial charge in [0.2, 0.25) is 0 Å². The number of hydrogen-bond acceptors (Lipinski definition) is 3. The monoisotopic (exact) mass is 229 g/mol. The zero-order chi connectivity index (χ0) is 11.4. The first-order valence-corrected chi connectivity index (χ1v) is 6.81. The third kappa shape index (κ3) is 3.38. The molecule has 88 valence electrons. The molecule has 0 saturated carbocycles. The van der Waals surface area contributed by atoms with Gasteiger partial charge >= 0.3 is 0 Å². The van der Waals surface area contributed by atoms with Crippen molar-refractivity contribution in [1.82, 2.24) is 4.90 Å². The molecule has 1 rings (SSSR count). The van der Waals surface area contributed by atoms with Gasteiger partial charge in [-0.05, 0) is 13.3 Å². The van der Waals surface area contributed by atoms with Crippen molar-refractivity contribution in [2.75, 3.05) is 12.3 Å². The fraction of sp³-hybridized carbons (Fsp3) is 0.909. The molecule has 4 heteroatoms. The zero-order valence-corrected chi connectivity index (χ0v) is 10.8. The van der Waals surface area contributed by atoms with Gasteiger partial charge in [-0.1, -0.05) is 13.8 Å². The number of nitrogens with two attached hydrogens (primary N) is 1. The minimum absolute atomic E-state index is 0.319. The number of nitrogens with one attached hydrogen (secondary N) is 1. The van der Waals surface area contributed by atoms with Gasteiger partial charge in [0.15, 0.2) is 0 Å². The van der Waals surface area contributed by atoms with Crippen molar-refractivity contribution in [3.63, 3.8) is 0 Å². The summed E-state index contributed by atoms with van der Waals surface area (Å²) >= 11 is 2.05. The summed E-state index contributed by atoms with van der Waals surface area (Å²) in [5, 5.41) is 8.10. The van der Waals surface area contributed by atoms with Gasteiger partial charge in [0.25, 0.3) is 0 Å². The van der Waals surface area contributed by atoms with E-state index >= 15 is 0 Å². The molecule has 3 nitrogen and oxygen atoms in total. The molecule has 0 bridgehead atoms. The second-order valence-corrected chi connectivity index (χ2v) is 5.83. The number of thioether (sulfide) groups is 1. The third-order valence-corrected chi connectivity index (χ3v) is 4.67. The predicted molar refractivity (Wildman–Crippen MR) is 68.7 cm³/mol. The first-order valence-electron chi connectivity index (χ1n) is 5.76. The van der Waals surface area contributed by atoms with E-state index in [2.05, 4.69) is 37.4 Å². The molecule has 0 aromatic carbocycles. The third-order valence-electron chi connectivity index (χ3n) is 3.33. The van der Waals surface area contributed by atoms with Gasteiger partial charge in [-0.15, -0.1) is 0 Å². The molecular formula is C11H23N3S. The molecular weight excluding hydrogens is 206 g/mol. The van der Waals surface area contributed by atoms with Crippen molar-refractivity contribution >= 4 is 17.6 Å². The van der Waals surface area contributed by atoms with Crippen LogP contribution < -0.4 is 5.73 Å². The number of nitrogens with zero attached hydrogens (tertiary/aromatic N) is 1. The smallest absolute Gasteiger partial charge is 0.0921 e. The molecule has 0 aliphatic carbocycles. The Bertz CT molecular complexity index is 220. The van der Waals surface area contributed by atoms with Crippen LogP contribution in [0.5, 0.6) is 0 Å². The van der Waals surface area contributed by atoms with Crippen LogP contribution in [0, 0.1) is 5.41 Å². The molecule has 1 saturated heterocycles. The van der Waals surface area contributed by atoms with Gasteiger partial charge in [-0.3, -0.25) is 10.3 Å². The molecule has 1 aliphatic heterocycles. The molecule has 1 heterocycles. The highest BCUT2D eigenvalue weighted by Crippen LogP contribution is 2.27. The van der Waals surface area contributed by atoms with Crippen LogP contribution in [0.4, 0.5) is 0 Å². The van der Waals surface area contributed by atoms with Crippen molar-refractivity contribution in [2.24, 2.45) is 5.73 Å². The highest BCUT2D eigenvalue weighted by atomic mass is 32.2. The Balaban J connectivity index is 2.61. The lowest BCUT2D eigenvalue weighted by molar-refractivity contribution is 0.146. The molecule has 1 aliphatic rings. The van der Waals surface area contributed by atoms with E-state index < -0.39 is 0 Å². The average Bonchev–Trinajstić information content (AvgIpc) is 2.19. The van der Waals surface area contributed by atoms with Crippen molar-refractivity contribution in [1.29, 1.82) is 5.41 Å². The van der Waals surface area contributed by atoms with E-state index in [-0.39, 0.29) is 0 Å². The summed E-state index contributed by atoms with van der Waals surface area (Å²) in [6, 6.07) is 1.06. The van der Waals surface area contributed by atoms with Crippen LogP contribution >= 0.6 is 11.8 Å². The van der Waals surface area contributed by atoms with Gasteiger partial charge in [0.05, 0.1) is 5.84 Å². The Morgan fingerprint density at radius 2 is 2.27 bits per heavy atom. The molecule has 0 aromatic heterocycles. The topological polar surface area (TPSA) is 53.1 Å². The summed E-state index contributed by atoms with van der Waals surface area (Å²) in [5.41, 5.74) is 5.51. The SMILES string of the molecule is CCC(CC(=N)N)N1CCSC(C)C1C. The summed E-state index contributed by atoms with van der Waals surface area (Å²) in [6.45, 7) is 7.91. The lowest BCUT2D eigenvalue weighted by Gasteiger charge is -2.42. The first-order chi connectivity index (χ1) is 7.06. The lowest BCUT2D eigenvalue weighted by Crippen LogP contribution is -2.50. The summed E-state index contributed by atoms with van der Waals surface area (Å²) in [7, 11) is 0. The molecule has 15 heavy (non-hydrogen) atoms. The van der Waals surface area contributed by atoms with E-state index in [1.807, 2.05) is 0 Å². The van der Waals surface area contributed by atoms with Crippen LogP contribution in [0.3, 0.4) is 0 Å². The van der Waals surface area contributed by atoms with Gasteiger partial charge in [0.1, 0.15) is 0 Å². The van der Waals surface area contributed by atoms with Crippen LogP contribution in [0.25, 0.3) is 0 Å². The van der Waals surface area contributed by atoms with E-state index in [9.17, 15) is 0 Å². The summed E-state index contributed by atoms with van der Waals surface area (Å²) in [5.74, 6) is 1.53. The molecule has 3 atom stereocenters. The quantitative estimate of drug-likeness (QED) is 0.572. The highest BCUT2D eigenvalue weighted by molar-refractivity contribution is 8.00. The molecule has 1 fully saturated rings. The fourth-order valence-electron chi connectivity index (χ4n) is 2.22. The van der Waals surface area contributed by atoms with Gasteiger partial charge in [0, 0.05) is 36.1 Å². The van der Waals surface area contributed by atoms with Gasteiger partial charge in [-0.25, -0.2) is 0 Å². The van der Waals surface area contributed by atoms with Crippen molar-refractivity contribution in [3.8, 4) is 0 Å². The van der Waals surface area contributed by atoms with E-state index in [0.29, 0.717) is 23.2 Å². The molecule has 3 N–H and O–H groups in total. The zero-order valence-electron chi connectivity index (χ0n) is 9.99. The number of hydrogen-bond donors (Lipinski definition) is 2. The number of amidine groups is 1. The largest absolute Gasteiger partial charge is 0.388 e. The van der Waals surface area contributed by atoms with E-state index in [4.69, 9.17) is 11.1 Å². The Kier molecular flexibility index (Phi) is 4.93. The standard InChI is InChI=1S/C11H23N3S/c1-4-10(7-11(12)13)14-5-6-15-9(3)8(14)2/h8-10H,4-7H2,1-3H3,(H3,12,13). The Hall–Kier alpha value is -0.220. The van der Waals surface area contributed by atoms with Crippen LogP contribution in [0.15, 0.2) is 0 Å². The first kappa shape index (κ1) is 12.8. The van der Waals surface area contributed by atoms with E-state index in [1.54, 1.807) is 0 Å². The second-order valence-electron chi connectivity index (χ2n) is 4.35. The Morgan fingerprint density at radius 1 is 1.60 bits per heavy atom. The lowest BCUT2D eigenvalue weighted by atomic mass is 10.0. The molecule has 0 radical (unpaired) electrons. The second kappa shape index (κ2) is 5.75. The maximum atomic E-state index is 7.41. The highest BCUT2D eigenvalue weighted by Gasteiger charge is 2.29. The predicted octanol–water partition coefficient (Wildman–Crippen LogP) is 1.92.